The third kappa shape index (κ3) is 6.23. The maximum absolute atomic E-state index is 10.9. The SMILES string of the molecule is CSc1cnc(NCC(CNC(=O)O)CC(N)=O)nc1. The van der Waals surface area contributed by atoms with Gasteiger partial charge in [-0.15, -0.1) is 11.8 Å². The lowest BCUT2D eigenvalue weighted by molar-refractivity contribution is -0.118. The second kappa shape index (κ2) is 8.20. The summed E-state index contributed by atoms with van der Waals surface area (Å²) in [4.78, 5) is 30.5. The lowest BCUT2D eigenvalue weighted by Gasteiger charge is -2.15. The van der Waals surface area contributed by atoms with Gasteiger partial charge in [-0.05, 0) is 6.26 Å². The first-order valence-electron chi connectivity index (χ1n) is 5.86. The quantitative estimate of drug-likeness (QED) is 0.510. The minimum absolute atomic E-state index is 0.0795. The number of aromatic nitrogens is 2. The van der Waals surface area contributed by atoms with Crippen LogP contribution in [0, 0.1) is 5.92 Å². The van der Waals surface area contributed by atoms with Crippen LogP contribution in [-0.2, 0) is 4.79 Å². The van der Waals surface area contributed by atoms with Gasteiger partial charge in [0.2, 0.25) is 11.9 Å². The fourth-order valence-corrected chi connectivity index (χ4v) is 1.80. The average Bonchev–Trinajstić information content (AvgIpc) is 2.42. The van der Waals surface area contributed by atoms with Crippen molar-refractivity contribution in [2.75, 3.05) is 24.7 Å². The van der Waals surface area contributed by atoms with Gasteiger partial charge in [0.05, 0.1) is 0 Å². The number of anilines is 1. The zero-order valence-corrected chi connectivity index (χ0v) is 11.8. The molecular weight excluding hydrogens is 282 g/mol. The fraction of sp³-hybridized carbons (Fsp3) is 0.455. The monoisotopic (exact) mass is 299 g/mol. The van der Waals surface area contributed by atoms with Crippen LogP contribution in [0.2, 0.25) is 0 Å². The zero-order valence-electron chi connectivity index (χ0n) is 11.0. The van der Waals surface area contributed by atoms with Crippen molar-refractivity contribution in [1.82, 2.24) is 15.3 Å². The number of thioether (sulfide) groups is 1. The highest BCUT2D eigenvalue weighted by atomic mass is 32.2. The highest BCUT2D eigenvalue weighted by molar-refractivity contribution is 7.98. The lowest BCUT2D eigenvalue weighted by Crippen LogP contribution is -2.34. The molecule has 8 nitrogen and oxygen atoms in total. The predicted molar refractivity (Wildman–Crippen MR) is 75.6 cm³/mol. The Morgan fingerprint density at radius 2 is 2.05 bits per heavy atom. The molecule has 0 aliphatic carbocycles. The summed E-state index contributed by atoms with van der Waals surface area (Å²) in [5, 5.41) is 13.7. The molecule has 0 aliphatic heterocycles. The van der Waals surface area contributed by atoms with Gasteiger partial charge in [0.25, 0.3) is 0 Å². The van der Waals surface area contributed by atoms with Gasteiger partial charge in [-0.3, -0.25) is 4.79 Å². The summed E-state index contributed by atoms with van der Waals surface area (Å²) in [6, 6.07) is 0. The molecule has 0 saturated heterocycles. The van der Waals surface area contributed by atoms with Crippen molar-refractivity contribution in [3.05, 3.63) is 12.4 Å². The van der Waals surface area contributed by atoms with Crippen molar-refractivity contribution in [2.24, 2.45) is 11.7 Å². The number of hydrogen-bond donors (Lipinski definition) is 4. The Bertz CT molecular complexity index is 454. The Balaban J connectivity index is 2.50. The van der Waals surface area contributed by atoms with Crippen molar-refractivity contribution in [1.29, 1.82) is 0 Å². The Morgan fingerprint density at radius 3 is 2.55 bits per heavy atom. The number of nitrogens with two attached hydrogens (primary N) is 1. The second-order valence-electron chi connectivity index (χ2n) is 4.05. The summed E-state index contributed by atoms with van der Waals surface area (Å²) in [5.41, 5.74) is 5.13. The molecule has 1 aromatic rings. The number of hydrogen-bond acceptors (Lipinski definition) is 6. The molecule has 0 fully saturated rings. The summed E-state index contributed by atoms with van der Waals surface area (Å²) in [7, 11) is 0. The Labute approximate surface area is 120 Å². The molecule has 0 saturated carbocycles. The van der Waals surface area contributed by atoms with E-state index >= 15 is 0 Å². The number of carbonyl (C=O) groups excluding carboxylic acids is 1. The van der Waals surface area contributed by atoms with Crippen molar-refractivity contribution in [3.8, 4) is 0 Å². The molecule has 2 amide bonds. The molecule has 1 rings (SSSR count). The number of carboxylic acid groups (broad SMARTS) is 1. The summed E-state index contributed by atoms with van der Waals surface area (Å²) in [5.74, 6) is -0.317. The first-order valence-corrected chi connectivity index (χ1v) is 7.08. The van der Waals surface area contributed by atoms with E-state index < -0.39 is 12.0 Å². The van der Waals surface area contributed by atoms with Gasteiger partial charge < -0.3 is 21.5 Å². The van der Waals surface area contributed by atoms with Crippen LogP contribution >= 0.6 is 11.8 Å². The Hall–Kier alpha value is -2.03. The van der Waals surface area contributed by atoms with Crippen LogP contribution in [-0.4, -0.2) is 46.4 Å². The maximum Gasteiger partial charge on any atom is 0.404 e. The standard InChI is InChI=1S/C11H17N5O3S/c1-20-8-5-14-10(15-6-8)13-3-7(2-9(12)17)4-16-11(18)19/h5-7,16H,2-4H2,1H3,(H2,12,17)(H,18,19)(H,13,14,15). The summed E-state index contributed by atoms with van der Waals surface area (Å²) in [6.07, 6.45) is 4.22. The topological polar surface area (TPSA) is 130 Å². The van der Waals surface area contributed by atoms with E-state index in [1.54, 1.807) is 12.4 Å². The Morgan fingerprint density at radius 1 is 1.40 bits per heavy atom. The first-order chi connectivity index (χ1) is 9.51. The van der Waals surface area contributed by atoms with Gasteiger partial charge in [0.15, 0.2) is 0 Å². The van der Waals surface area contributed by atoms with E-state index in [0.29, 0.717) is 12.5 Å². The molecule has 0 spiro atoms. The predicted octanol–water partition coefficient (Wildman–Crippen LogP) is 0.370. The van der Waals surface area contributed by atoms with Crippen LogP contribution < -0.4 is 16.4 Å². The summed E-state index contributed by atoms with van der Waals surface area (Å²) >= 11 is 1.53. The molecule has 1 atom stereocenters. The van der Waals surface area contributed by atoms with E-state index in [1.165, 1.54) is 11.8 Å². The van der Waals surface area contributed by atoms with E-state index in [0.717, 1.165) is 4.90 Å². The van der Waals surface area contributed by atoms with Gasteiger partial charge in [-0.25, -0.2) is 14.8 Å². The molecule has 110 valence electrons. The maximum atomic E-state index is 10.9. The number of amides is 2. The fourth-order valence-electron chi connectivity index (χ4n) is 1.48. The Kier molecular flexibility index (Phi) is 6.57. The van der Waals surface area contributed by atoms with Crippen molar-refractivity contribution >= 4 is 29.7 Å². The number of nitrogens with zero attached hydrogens (tertiary/aromatic N) is 2. The highest BCUT2D eigenvalue weighted by Gasteiger charge is 2.13. The first kappa shape index (κ1) is 16.0. The number of carbonyl (C=O) groups is 2. The van der Waals surface area contributed by atoms with E-state index in [9.17, 15) is 9.59 Å². The van der Waals surface area contributed by atoms with Crippen molar-refractivity contribution in [3.63, 3.8) is 0 Å². The summed E-state index contributed by atoms with van der Waals surface area (Å²) < 4.78 is 0. The third-order valence-corrected chi connectivity index (χ3v) is 3.13. The van der Waals surface area contributed by atoms with Crippen LogP contribution in [0.3, 0.4) is 0 Å². The van der Waals surface area contributed by atoms with E-state index in [2.05, 4.69) is 20.6 Å². The van der Waals surface area contributed by atoms with Gasteiger partial charge in [0.1, 0.15) is 0 Å². The van der Waals surface area contributed by atoms with E-state index in [1.807, 2.05) is 6.26 Å². The molecule has 0 radical (unpaired) electrons. The highest BCUT2D eigenvalue weighted by Crippen LogP contribution is 2.12. The molecule has 0 aromatic carbocycles. The summed E-state index contributed by atoms with van der Waals surface area (Å²) in [6.45, 7) is 0.482. The van der Waals surface area contributed by atoms with Gasteiger partial charge in [0, 0.05) is 42.7 Å². The number of nitrogens with one attached hydrogen (secondary N) is 2. The van der Waals surface area contributed by atoms with E-state index in [4.69, 9.17) is 10.8 Å². The molecular formula is C11H17N5O3S. The average molecular weight is 299 g/mol. The molecule has 1 heterocycles. The molecule has 20 heavy (non-hydrogen) atoms. The van der Waals surface area contributed by atoms with Crippen LogP contribution in [0.25, 0.3) is 0 Å². The van der Waals surface area contributed by atoms with Gasteiger partial charge in [-0.1, -0.05) is 0 Å². The minimum Gasteiger partial charge on any atom is -0.465 e. The number of primary amides is 1. The molecule has 0 aliphatic rings. The molecule has 0 bridgehead atoms. The zero-order chi connectivity index (χ0) is 15.0. The minimum atomic E-state index is -1.14. The normalized spacial score (nSPS) is 11.7. The van der Waals surface area contributed by atoms with Crippen molar-refractivity contribution in [2.45, 2.75) is 11.3 Å². The largest absolute Gasteiger partial charge is 0.465 e. The second-order valence-corrected chi connectivity index (χ2v) is 4.93. The molecule has 9 heteroatoms. The van der Waals surface area contributed by atoms with E-state index in [-0.39, 0.29) is 18.9 Å². The van der Waals surface area contributed by atoms with Crippen molar-refractivity contribution < 1.29 is 14.7 Å². The molecule has 1 aromatic heterocycles. The smallest absolute Gasteiger partial charge is 0.404 e. The van der Waals surface area contributed by atoms with Crippen LogP contribution in [0.5, 0.6) is 0 Å². The van der Waals surface area contributed by atoms with Gasteiger partial charge >= 0.3 is 6.09 Å². The number of rotatable bonds is 8. The van der Waals surface area contributed by atoms with Crippen LogP contribution in [0.15, 0.2) is 17.3 Å². The van der Waals surface area contributed by atoms with Gasteiger partial charge in [-0.2, -0.15) is 0 Å². The van der Waals surface area contributed by atoms with Crippen LogP contribution in [0.4, 0.5) is 10.7 Å². The molecule has 5 N–H and O–H groups in total. The molecule has 1 unspecified atom stereocenters. The van der Waals surface area contributed by atoms with Crippen LogP contribution in [0.1, 0.15) is 6.42 Å². The third-order valence-electron chi connectivity index (χ3n) is 2.44. The lowest BCUT2D eigenvalue weighted by atomic mass is 10.1.